The Bertz CT molecular complexity index is 1210. The molecule has 166 valence electrons. The Labute approximate surface area is 193 Å². The van der Waals surface area contributed by atoms with Crippen molar-refractivity contribution in [2.24, 2.45) is 0 Å². The van der Waals surface area contributed by atoms with Gasteiger partial charge in [0.05, 0.1) is 0 Å². The molecule has 0 heterocycles. The van der Waals surface area contributed by atoms with Gasteiger partial charge in [0.15, 0.2) is 6.61 Å². The van der Waals surface area contributed by atoms with E-state index in [0.29, 0.717) is 17.9 Å². The first-order valence-corrected chi connectivity index (χ1v) is 10.5. The highest BCUT2D eigenvalue weighted by Gasteiger charge is 2.10. The quantitative estimate of drug-likeness (QED) is 0.398. The predicted octanol–water partition coefficient (Wildman–Crippen LogP) is 4.54. The molecule has 0 aliphatic carbocycles. The van der Waals surface area contributed by atoms with E-state index in [1.807, 2.05) is 68.4 Å². The Morgan fingerprint density at radius 2 is 1.79 bits per heavy atom. The molecule has 0 bridgehead atoms. The van der Waals surface area contributed by atoms with E-state index in [1.54, 1.807) is 24.3 Å². The highest BCUT2D eigenvalue weighted by Crippen LogP contribution is 2.18. The van der Waals surface area contributed by atoms with E-state index in [2.05, 4.69) is 10.6 Å². The maximum Gasteiger partial charge on any atom is 0.262 e. The SMILES string of the molecule is Cc1ccc(C)c(NC(=O)COc2cccc(/C=C(\C#N)C(=O)NCc3ccccc3)c2)c1. The molecule has 0 radical (unpaired) electrons. The van der Waals surface area contributed by atoms with Gasteiger partial charge in [-0.3, -0.25) is 9.59 Å². The average molecular weight is 440 g/mol. The van der Waals surface area contributed by atoms with Gasteiger partial charge in [-0.25, -0.2) is 0 Å². The fraction of sp³-hybridized carbons (Fsp3) is 0.148. The number of ether oxygens (including phenoxy) is 1. The molecular formula is C27H25N3O3. The lowest BCUT2D eigenvalue weighted by Crippen LogP contribution is -2.23. The van der Waals surface area contributed by atoms with Crippen LogP contribution in [0.4, 0.5) is 5.69 Å². The number of hydrogen-bond acceptors (Lipinski definition) is 4. The van der Waals surface area contributed by atoms with Gasteiger partial charge in [0.25, 0.3) is 11.8 Å². The molecule has 0 fully saturated rings. The van der Waals surface area contributed by atoms with E-state index >= 15 is 0 Å². The lowest BCUT2D eigenvalue weighted by atomic mass is 10.1. The largest absolute Gasteiger partial charge is 0.484 e. The number of benzene rings is 3. The first-order valence-electron chi connectivity index (χ1n) is 10.5. The maximum absolute atomic E-state index is 12.4. The third-order valence-corrected chi connectivity index (χ3v) is 4.87. The Hall–Kier alpha value is -4.37. The normalized spacial score (nSPS) is 10.8. The molecule has 0 unspecified atom stereocenters. The zero-order chi connectivity index (χ0) is 23.6. The van der Waals surface area contributed by atoms with Crippen molar-refractivity contribution in [1.82, 2.24) is 5.32 Å². The molecule has 33 heavy (non-hydrogen) atoms. The number of amides is 2. The Balaban J connectivity index is 1.60. The van der Waals surface area contributed by atoms with Gasteiger partial charge in [-0.1, -0.05) is 54.6 Å². The highest BCUT2D eigenvalue weighted by atomic mass is 16.5. The van der Waals surface area contributed by atoms with E-state index in [4.69, 9.17) is 4.74 Å². The molecule has 0 atom stereocenters. The lowest BCUT2D eigenvalue weighted by Gasteiger charge is -2.11. The summed E-state index contributed by atoms with van der Waals surface area (Å²) < 4.78 is 5.61. The number of carbonyl (C=O) groups excluding carboxylic acids is 2. The van der Waals surface area contributed by atoms with Crippen LogP contribution in [0.1, 0.15) is 22.3 Å². The van der Waals surface area contributed by atoms with Crippen LogP contribution in [0.25, 0.3) is 6.08 Å². The summed E-state index contributed by atoms with van der Waals surface area (Å²) in [6.07, 6.45) is 1.49. The zero-order valence-electron chi connectivity index (χ0n) is 18.6. The number of carbonyl (C=O) groups is 2. The van der Waals surface area contributed by atoms with Crippen LogP contribution in [0.5, 0.6) is 5.75 Å². The first kappa shape index (κ1) is 23.3. The Morgan fingerprint density at radius 1 is 1.00 bits per heavy atom. The van der Waals surface area contributed by atoms with Crippen LogP contribution in [0.3, 0.4) is 0 Å². The van der Waals surface area contributed by atoms with Crippen molar-refractivity contribution < 1.29 is 14.3 Å². The van der Waals surface area contributed by atoms with Gasteiger partial charge in [0, 0.05) is 12.2 Å². The number of aryl methyl sites for hydroxylation is 2. The van der Waals surface area contributed by atoms with Gasteiger partial charge in [-0.05, 0) is 60.4 Å². The van der Waals surface area contributed by atoms with Crippen molar-refractivity contribution in [3.05, 3.63) is 101 Å². The number of nitrogens with one attached hydrogen (secondary N) is 2. The van der Waals surface area contributed by atoms with Crippen molar-refractivity contribution in [3.63, 3.8) is 0 Å². The molecule has 6 nitrogen and oxygen atoms in total. The van der Waals surface area contributed by atoms with Crippen molar-refractivity contribution in [1.29, 1.82) is 5.26 Å². The minimum Gasteiger partial charge on any atom is -0.484 e. The van der Waals surface area contributed by atoms with E-state index in [-0.39, 0.29) is 18.1 Å². The molecule has 2 N–H and O–H groups in total. The number of anilines is 1. The van der Waals surface area contributed by atoms with Crippen molar-refractivity contribution in [2.45, 2.75) is 20.4 Å². The average Bonchev–Trinajstić information content (AvgIpc) is 2.83. The van der Waals surface area contributed by atoms with E-state index in [0.717, 1.165) is 22.4 Å². The highest BCUT2D eigenvalue weighted by molar-refractivity contribution is 6.01. The summed E-state index contributed by atoms with van der Waals surface area (Å²) in [5.74, 6) is -0.273. The molecule has 0 aliphatic heterocycles. The second-order valence-corrected chi connectivity index (χ2v) is 7.57. The number of hydrogen-bond donors (Lipinski definition) is 2. The van der Waals surface area contributed by atoms with Gasteiger partial charge < -0.3 is 15.4 Å². The van der Waals surface area contributed by atoms with Gasteiger partial charge in [-0.15, -0.1) is 0 Å². The summed E-state index contributed by atoms with van der Waals surface area (Å²) in [4.78, 5) is 24.7. The Morgan fingerprint density at radius 3 is 2.55 bits per heavy atom. The van der Waals surface area contributed by atoms with E-state index in [9.17, 15) is 14.9 Å². The molecule has 0 aliphatic rings. The number of rotatable bonds is 8. The maximum atomic E-state index is 12.4. The summed E-state index contributed by atoms with van der Waals surface area (Å²) in [6, 6.07) is 24.1. The lowest BCUT2D eigenvalue weighted by molar-refractivity contribution is -0.118. The van der Waals surface area contributed by atoms with E-state index < -0.39 is 5.91 Å². The zero-order valence-corrected chi connectivity index (χ0v) is 18.6. The second kappa shape index (κ2) is 11.3. The van der Waals surface area contributed by atoms with Crippen molar-refractivity contribution in [2.75, 3.05) is 11.9 Å². The summed E-state index contributed by atoms with van der Waals surface area (Å²) in [6.45, 7) is 4.05. The van der Waals surface area contributed by atoms with Gasteiger partial charge in [0.1, 0.15) is 17.4 Å². The third kappa shape index (κ3) is 7.08. The predicted molar refractivity (Wildman–Crippen MR) is 128 cm³/mol. The summed E-state index contributed by atoms with van der Waals surface area (Å²) in [5, 5.41) is 15.0. The van der Waals surface area contributed by atoms with Gasteiger partial charge >= 0.3 is 0 Å². The molecule has 0 saturated heterocycles. The summed E-state index contributed by atoms with van der Waals surface area (Å²) in [7, 11) is 0. The van der Waals surface area contributed by atoms with Crippen LogP contribution in [-0.2, 0) is 16.1 Å². The van der Waals surface area contributed by atoms with Crippen molar-refractivity contribution in [3.8, 4) is 11.8 Å². The standard InChI is InChI=1S/C27H25N3O3/c1-19-11-12-20(2)25(13-19)30-26(31)18-33-24-10-6-9-22(15-24)14-23(16-28)27(32)29-17-21-7-4-3-5-8-21/h3-15H,17-18H2,1-2H3,(H,29,32)(H,30,31)/b23-14+. The summed E-state index contributed by atoms with van der Waals surface area (Å²) in [5.41, 5.74) is 4.32. The minimum atomic E-state index is -0.458. The fourth-order valence-corrected chi connectivity index (χ4v) is 3.09. The summed E-state index contributed by atoms with van der Waals surface area (Å²) >= 11 is 0. The van der Waals surface area contributed by atoms with Gasteiger partial charge in [0.2, 0.25) is 0 Å². The van der Waals surface area contributed by atoms with Crippen LogP contribution in [0.15, 0.2) is 78.4 Å². The van der Waals surface area contributed by atoms with Crippen LogP contribution in [-0.4, -0.2) is 18.4 Å². The van der Waals surface area contributed by atoms with Crippen molar-refractivity contribution >= 4 is 23.6 Å². The number of nitriles is 1. The molecule has 3 aromatic rings. The molecule has 6 heteroatoms. The topological polar surface area (TPSA) is 91.2 Å². The Kier molecular flexibility index (Phi) is 7.98. The smallest absolute Gasteiger partial charge is 0.262 e. The molecule has 3 rings (SSSR count). The minimum absolute atomic E-state index is 0.0178. The van der Waals surface area contributed by atoms with E-state index in [1.165, 1.54) is 6.08 Å². The monoisotopic (exact) mass is 439 g/mol. The molecular weight excluding hydrogens is 414 g/mol. The molecule has 0 saturated carbocycles. The van der Waals surface area contributed by atoms with Gasteiger partial charge in [-0.2, -0.15) is 5.26 Å². The van der Waals surface area contributed by atoms with Crippen LogP contribution < -0.4 is 15.4 Å². The fourth-order valence-electron chi connectivity index (χ4n) is 3.09. The first-order chi connectivity index (χ1) is 15.9. The molecule has 0 spiro atoms. The molecule has 0 aromatic heterocycles. The third-order valence-electron chi connectivity index (χ3n) is 4.87. The number of nitrogens with zero attached hydrogens (tertiary/aromatic N) is 1. The molecule has 3 aromatic carbocycles. The molecule has 2 amide bonds. The van der Waals surface area contributed by atoms with Crippen LogP contribution in [0.2, 0.25) is 0 Å². The second-order valence-electron chi connectivity index (χ2n) is 7.57. The van der Waals surface area contributed by atoms with Crippen LogP contribution in [0, 0.1) is 25.2 Å². The van der Waals surface area contributed by atoms with Crippen LogP contribution >= 0.6 is 0 Å².